The molecule has 0 bridgehead atoms. The average Bonchev–Trinajstić information content (AvgIpc) is 1.99. The monoisotopic (exact) mass is 272 g/mol. The van der Waals surface area contributed by atoms with Gasteiger partial charge in [0.2, 0.25) is 5.91 Å². The van der Waals surface area contributed by atoms with Gasteiger partial charge >= 0.3 is 29.6 Å². The van der Waals surface area contributed by atoms with Gasteiger partial charge in [-0.2, -0.15) is 0 Å². The van der Waals surface area contributed by atoms with Gasteiger partial charge in [-0.25, -0.2) is 8.42 Å². The summed E-state index contributed by atoms with van der Waals surface area (Å²) in [6.45, 7) is 9.24. The summed E-state index contributed by atoms with van der Waals surface area (Å²) >= 11 is 0. The van der Waals surface area contributed by atoms with E-state index in [1.165, 1.54) is 20.0 Å². The number of rotatable bonds is 4. The molecule has 0 atom stereocenters. The van der Waals surface area contributed by atoms with Gasteiger partial charge in [-0.3, -0.25) is 4.79 Å². The zero-order valence-electron chi connectivity index (χ0n) is 10.4. The maximum Gasteiger partial charge on any atom is 1.00 e. The van der Waals surface area contributed by atoms with Crippen LogP contribution in [0.1, 0.15) is 13.8 Å². The number of nitrogens with one attached hydrogen (secondary N) is 1. The van der Waals surface area contributed by atoms with E-state index in [1.807, 2.05) is 0 Å². The minimum absolute atomic E-state index is 0. The summed E-state index contributed by atoms with van der Waals surface area (Å²) in [5, 5.41) is 2.33. The molecule has 94 valence electrons. The van der Waals surface area contributed by atoms with Gasteiger partial charge in [-0.1, -0.05) is 13.2 Å². The van der Waals surface area contributed by atoms with Gasteiger partial charge in [0.15, 0.2) is 0 Å². The topological polar surface area (TPSA) is 112 Å². The van der Waals surface area contributed by atoms with Crippen molar-refractivity contribution in [3.63, 3.8) is 0 Å². The molecule has 0 saturated heterocycles. The molecule has 0 fully saturated rings. The number of nitrogens with two attached hydrogens (primary N) is 1. The molecule has 3 N–H and O–H groups in total. The van der Waals surface area contributed by atoms with Gasteiger partial charge in [-0.15, -0.1) is 0 Å². The van der Waals surface area contributed by atoms with Crippen molar-refractivity contribution in [3.05, 3.63) is 25.4 Å². The number of carbonyl (C=O) groups excluding carboxylic acids is 1. The summed E-state index contributed by atoms with van der Waals surface area (Å²) in [6, 6.07) is 0. The van der Waals surface area contributed by atoms with E-state index in [0.29, 0.717) is 0 Å². The van der Waals surface area contributed by atoms with Crippen molar-refractivity contribution >= 4 is 16.0 Å². The molecule has 0 aliphatic rings. The van der Waals surface area contributed by atoms with E-state index in [-0.39, 0.29) is 29.6 Å². The maximum atomic E-state index is 10.8. The van der Waals surface area contributed by atoms with E-state index < -0.39 is 27.3 Å². The van der Waals surface area contributed by atoms with Crippen LogP contribution in [0.2, 0.25) is 0 Å². The molecular weight excluding hydrogens is 255 g/mol. The molecule has 6 nitrogen and oxygen atoms in total. The summed E-state index contributed by atoms with van der Waals surface area (Å²) in [6.07, 6.45) is 2.26. The number of amides is 1. The van der Waals surface area contributed by atoms with Crippen LogP contribution in [0.4, 0.5) is 0 Å². The van der Waals surface area contributed by atoms with Crippen molar-refractivity contribution < 1.29 is 47.3 Å². The minimum atomic E-state index is -4.33. The van der Waals surface area contributed by atoms with Crippen LogP contribution >= 0.6 is 0 Å². The third-order valence-electron chi connectivity index (χ3n) is 1.18. The first-order valence-corrected chi connectivity index (χ1v) is 5.86. The summed E-state index contributed by atoms with van der Waals surface area (Å²) in [4.78, 5) is 10.8. The van der Waals surface area contributed by atoms with Crippen molar-refractivity contribution in [3.8, 4) is 0 Å². The van der Waals surface area contributed by atoms with E-state index in [0.717, 1.165) is 6.08 Å². The Balaban J connectivity index is -0.000000440. The Hall–Kier alpha value is -0.340. The van der Waals surface area contributed by atoms with Crippen molar-refractivity contribution in [2.45, 2.75) is 19.4 Å². The SMILES string of the molecule is C=CC(=O)NC(C)(C)CS(=O)(=O)[O-].C=CN.[Na+]. The maximum absolute atomic E-state index is 10.8. The fourth-order valence-corrected chi connectivity index (χ4v) is 1.82. The van der Waals surface area contributed by atoms with Gasteiger partial charge in [0.25, 0.3) is 0 Å². The first-order chi connectivity index (χ1) is 7.08. The molecule has 0 aliphatic heterocycles. The Morgan fingerprint density at radius 2 is 1.82 bits per heavy atom. The van der Waals surface area contributed by atoms with Crippen LogP contribution in [-0.2, 0) is 14.9 Å². The summed E-state index contributed by atoms with van der Waals surface area (Å²) in [5.41, 5.74) is 3.55. The smallest absolute Gasteiger partial charge is 0.748 e. The third kappa shape index (κ3) is 18.2. The van der Waals surface area contributed by atoms with E-state index in [4.69, 9.17) is 0 Å². The Labute approximate surface area is 124 Å². The van der Waals surface area contributed by atoms with Crippen molar-refractivity contribution in [2.24, 2.45) is 5.73 Å². The van der Waals surface area contributed by atoms with Crippen LogP contribution in [0.25, 0.3) is 0 Å². The summed E-state index contributed by atoms with van der Waals surface area (Å²) in [7, 11) is -4.33. The third-order valence-corrected chi connectivity index (χ3v) is 2.26. The molecule has 0 aromatic rings. The zero-order chi connectivity index (χ0) is 13.4. The molecule has 0 aromatic heterocycles. The van der Waals surface area contributed by atoms with E-state index in [9.17, 15) is 17.8 Å². The largest absolute Gasteiger partial charge is 1.00 e. The first kappa shape index (κ1) is 21.9. The number of hydrogen-bond donors (Lipinski definition) is 2. The van der Waals surface area contributed by atoms with Gasteiger partial charge in [0, 0.05) is 5.54 Å². The molecule has 0 saturated carbocycles. The summed E-state index contributed by atoms with van der Waals surface area (Å²) < 4.78 is 31.2. The fourth-order valence-electron chi connectivity index (χ4n) is 0.863. The predicted molar refractivity (Wildman–Crippen MR) is 61.4 cm³/mol. The second-order valence-corrected chi connectivity index (χ2v) is 4.92. The molecule has 0 radical (unpaired) electrons. The molecule has 0 rings (SSSR count). The van der Waals surface area contributed by atoms with E-state index >= 15 is 0 Å². The standard InChI is InChI=1S/C7H13NO4S.C2H5N.Na/c1-4-6(9)8-7(2,3)5-13(10,11)12;1-2-3;/h4H,1,5H2,2-3H3,(H,8,9)(H,10,11,12);2H,1,3H2;/q;;+1/p-1. The van der Waals surface area contributed by atoms with Crippen molar-refractivity contribution in [1.82, 2.24) is 5.32 Å². The molecule has 0 unspecified atom stereocenters. The van der Waals surface area contributed by atoms with Crippen LogP contribution in [0.15, 0.2) is 25.4 Å². The Bertz CT molecular complexity index is 352. The average molecular weight is 272 g/mol. The molecule has 0 heterocycles. The number of carbonyl (C=O) groups is 1. The fraction of sp³-hybridized carbons (Fsp3) is 0.444. The first-order valence-electron chi connectivity index (χ1n) is 4.28. The Morgan fingerprint density at radius 1 is 1.47 bits per heavy atom. The van der Waals surface area contributed by atoms with Crippen molar-refractivity contribution in [1.29, 1.82) is 0 Å². The minimum Gasteiger partial charge on any atom is -0.748 e. The van der Waals surface area contributed by atoms with Crippen molar-refractivity contribution in [2.75, 3.05) is 5.75 Å². The molecule has 1 amide bonds. The Morgan fingerprint density at radius 3 is 2.06 bits per heavy atom. The van der Waals surface area contributed by atoms with Gasteiger partial charge in [-0.05, 0) is 26.1 Å². The molecule has 0 aromatic carbocycles. The van der Waals surface area contributed by atoms with Crippen LogP contribution in [0.5, 0.6) is 0 Å². The Kier molecular flexibility index (Phi) is 12.4. The molecule has 8 heteroatoms. The molecule has 0 aliphatic carbocycles. The normalized spacial score (nSPS) is 10.1. The number of hydrogen-bond acceptors (Lipinski definition) is 5. The van der Waals surface area contributed by atoms with Crippen LogP contribution < -0.4 is 40.6 Å². The summed E-state index contributed by atoms with van der Waals surface area (Å²) in [5.74, 6) is -1.15. The zero-order valence-corrected chi connectivity index (χ0v) is 13.2. The second kappa shape index (κ2) is 9.67. The van der Waals surface area contributed by atoms with Crippen LogP contribution in [0.3, 0.4) is 0 Å². The molecule has 17 heavy (non-hydrogen) atoms. The van der Waals surface area contributed by atoms with Gasteiger partial charge in [0.05, 0.1) is 15.9 Å². The molecule has 0 spiro atoms. The predicted octanol–water partition coefficient (Wildman–Crippen LogP) is -3.29. The van der Waals surface area contributed by atoms with E-state index in [1.54, 1.807) is 0 Å². The quantitative estimate of drug-likeness (QED) is 0.316. The molecular formula is C9H17N2NaO4S. The van der Waals surface area contributed by atoms with Crippen LogP contribution in [-0.4, -0.2) is 30.2 Å². The van der Waals surface area contributed by atoms with E-state index in [2.05, 4.69) is 24.2 Å². The van der Waals surface area contributed by atoms with Crippen LogP contribution in [0, 0.1) is 0 Å². The van der Waals surface area contributed by atoms with Gasteiger partial charge < -0.3 is 15.6 Å². The van der Waals surface area contributed by atoms with Gasteiger partial charge in [0.1, 0.15) is 0 Å². The second-order valence-electron chi connectivity index (χ2n) is 3.51.